The maximum Gasteiger partial charge on any atom is 0.189 e. The smallest absolute Gasteiger partial charge is 0.189 e. The monoisotopic (exact) mass is 392 g/mol. The van der Waals surface area contributed by atoms with Crippen LogP contribution in [0.3, 0.4) is 0 Å². The molecule has 2 aliphatic rings. The molecule has 30 heavy (non-hydrogen) atoms. The topological polar surface area (TPSA) is 104 Å². The largest absolute Gasteiger partial charge is 0.457 e. The lowest BCUT2D eigenvalue weighted by Gasteiger charge is -2.45. The van der Waals surface area contributed by atoms with Gasteiger partial charge in [-0.15, -0.1) is 0 Å². The predicted octanol–water partition coefficient (Wildman–Crippen LogP) is 5.50. The fraction of sp³-hybridized carbons (Fsp3) is 0.280. The second-order valence-corrected chi connectivity index (χ2v) is 7.71. The second kappa shape index (κ2) is 7.86. The van der Waals surface area contributed by atoms with E-state index >= 15 is 0 Å². The van der Waals surface area contributed by atoms with Gasteiger partial charge in [0.05, 0.1) is 23.9 Å². The molecule has 4 rings (SSSR count). The normalized spacial score (nSPS) is 24.4. The number of allylic oxidation sites excluding steroid dienone is 2. The van der Waals surface area contributed by atoms with Crippen LogP contribution < -0.4 is 4.74 Å². The highest BCUT2D eigenvalue weighted by molar-refractivity contribution is 6.00. The Kier molecular flexibility index (Phi) is 5.09. The quantitative estimate of drug-likeness (QED) is 0.697. The van der Waals surface area contributed by atoms with Crippen LogP contribution in [0, 0.1) is 56.7 Å². The summed E-state index contributed by atoms with van der Waals surface area (Å²) in [6, 6.07) is 23.3. The molecule has 2 aromatic rings. The molecule has 0 aromatic heterocycles. The Bertz CT molecular complexity index is 1120. The van der Waals surface area contributed by atoms with Crippen LogP contribution in [0.4, 0.5) is 0 Å². The van der Waals surface area contributed by atoms with Gasteiger partial charge in [-0.05, 0) is 60.6 Å². The minimum atomic E-state index is -1.68. The zero-order valence-corrected chi connectivity index (χ0v) is 16.4. The van der Waals surface area contributed by atoms with Crippen molar-refractivity contribution >= 4 is 5.71 Å². The number of nitrogens with zero attached hydrogens (tertiary/aromatic N) is 3. The molecule has 0 bridgehead atoms. The van der Waals surface area contributed by atoms with Crippen LogP contribution in [0.25, 0.3) is 0 Å². The summed E-state index contributed by atoms with van der Waals surface area (Å²) in [4.78, 5) is 0. The Hall–Kier alpha value is -3.88. The second-order valence-electron chi connectivity index (χ2n) is 7.71. The van der Waals surface area contributed by atoms with Gasteiger partial charge in [0.2, 0.25) is 0 Å². The summed E-state index contributed by atoms with van der Waals surface area (Å²) in [5.74, 6) is -0.145. The molecule has 2 aromatic carbocycles. The summed E-state index contributed by atoms with van der Waals surface area (Å²) >= 11 is 0. The van der Waals surface area contributed by atoms with Crippen LogP contribution >= 0.6 is 0 Å². The first kappa shape index (κ1) is 19.4. The van der Waals surface area contributed by atoms with E-state index in [1.807, 2.05) is 60.7 Å². The summed E-state index contributed by atoms with van der Waals surface area (Å²) in [5, 5.41) is 38.5. The van der Waals surface area contributed by atoms with Crippen LogP contribution in [0.2, 0.25) is 0 Å². The van der Waals surface area contributed by atoms with Gasteiger partial charge in [-0.25, -0.2) is 0 Å². The van der Waals surface area contributed by atoms with E-state index in [1.165, 1.54) is 0 Å². The maximum absolute atomic E-state index is 10.1. The number of hydrogen-bond donors (Lipinski definition) is 1. The number of nitrogens with one attached hydrogen (secondary N) is 1. The van der Waals surface area contributed by atoms with Crippen LogP contribution in [-0.2, 0) is 0 Å². The first-order valence-electron chi connectivity index (χ1n) is 9.98. The molecule has 0 aliphatic heterocycles. The maximum atomic E-state index is 10.1. The van der Waals surface area contributed by atoms with Gasteiger partial charge in [0.1, 0.15) is 17.4 Å². The first-order chi connectivity index (χ1) is 14.6. The molecule has 0 heterocycles. The van der Waals surface area contributed by atoms with Gasteiger partial charge >= 0.3 is 0 Å². The fourth-order valence-corrected chi connectivity index (χ4v) is 4.78. The first-order valence-corrected chi connectivity index (χ1v) is 9.98. The molecule has 2 aliphatic carbocycles. The number of para-hydroxylation sites is 1. The van der Waals surface area contributed by atoms with E-state index in [2.05, 4.69) is 18.2 Å². The average Bonchev–Trinajstić information content (AvgIpc) is 2.79. The summed E-state index contributed by atoms with van der Waals surface area (Å²) in [7, 11) is 0. The fourth-order valence-electron chi connectivity index (χ4n) is 4.78. The van der Waals surface area contributed by atoms with E-state index in [1.54, 1.807) is 0 Å². The van der Waals surface area contributed by atoms with Crippen molar-refractivity contribution in [1.29, 1.82) is 21.2 Å². The van der Waals surface area contributed by atoms with Crippen molar-refractivity contribution in [2.24, 2.45) is 17.3 Å². The number of ether oxygens (including phenoxy) is 1. The SMILES string of the molecule is N#C[C@@H]1C(=N)C(C#N)(C#N)[C@@H](c2cccc(Oc3ccccc3)c2)[C@H]2CCCC=C12. The molecule has 146 valence electrons. The number of rotatable bonds is 3. The molecule has 1 fully saturated rings. The lowest BCUT2D eigenvalue weighted by Crippen LogP contribution is -2.48. The zero-order chi connectivity index (χ0) is 21.1. The summed E-state index contributed by atoms with van der Waals surface area (Å²) in [5.41, 5.74) is -0.121. The van der Waals surface area contributed by atoms with Gasteiger partial charge in [0, 0.05) is 5.92 Å². The zero-order valence-electron chi connectivity index (χ0n) is 16.4. The van der Waals surface area contributed by atoms with E-state index in [-0.39, 0.29) is 11.6 Å². The van der Waals surface area contributed by atoms with E-state index in [9.17, 15) is 15.8 Å². The van der Waals surface area contributed by atoms with Crippen molar-refractivity contribution in [1.82, 2.24) is 0 Å². The molecule has 0 amide bonds. The molecular formula is C25H20N4O. The highest BCUT2D eigenvalue weighted by Crippen LogP contribution is 2.55. The van der Waals surface area contributed by atoms with Crippen molar-refractivity contribution < 1.29 is 4.74 Å². The Morgan fingerprint density at radius 2 is 1.70 bits per heavy atom. The van der Waals surface area contributed by atoms with E-state index in [4.69, 9.17) is 10.1 Å². The molecular weight excluding hydrogens is 372 g/mol. The van der Waals surface area contributed by atoms with Gasteiger partial charge in [0.15, 0.2) is 5.41 Å². The molecule has 5 heteroatoms. The number of hydrogen-bond acceptors (Lipinski definition) is 5. The lowest BCUT2D eigenvalue weighted by molar-refractivity contribution is 0.319. The number of benzene rings is 2. The average molecular weight is 392 g/mol. The van der Waals surface area contributed by atoms with Crippen LogP contribution in [0.1, 0.15) is 30.7 Å². The Balaban J connectivity index is 1.82. The molecule has 5 nitrogen and oxygen atoms in total. The van der Waals surface area contributed by atoms with Crippen molar-refractivity contribution in [2.45, 2.75) is 25.2 Å². The third-order valence-electron chi connectivity index (χ3n) is 6.12. The molecule has 0 spiro atoms. The number of nitriles is 3. The van der Waals surface area contributed by atoms with Crippen LogP contribution in [0.15, 0.2) is 66.2 Å². The van der Waals surface area contributed by atoms with Gasteiger partial charge in [0.25, 0.3) is 0 Å². The van der Waals surface area contributed by atoms with Gasteiger partial charge in [-0.1, -0.05) is 36.4 Å². The Morgan fingerprint density at radius 1 is 0.967 bits per heavy atom. The number of fused-ring (bicyclic) bond motifs is 1. The van der Waals surface area contributed by atoms with E-state index in [0.717, 1.165) is 30.4 Å². The van der Waals surface area contributed by atoms with Crippen LogP contribution in [-0.4, -0.2) is 5.71 Å². The Labute approximate surface area is 176 Å². The summed E-state index contributed by atoms with van der Waals surface area (Å²) < 4.78 is 5.96. The Morgan fingerprint density at radius 3 is 2.40 bits per heavy atom. The molecule has 0 saturated heterocycles. The molecule has 1 N–H and O–H groups in total. The van der Waals surface area contributed by atoms with Crippen molar-refractivity contribution in [3.8, 4) is 29.7 Å². The molecule has 3 atom stereocenters. The summed E-state index contributed by atoms with van der Waals surface area (Å²) in [6.45, 7) is 0. The minimum Gasteiger partial charge on any atom is -0.457 e. The van der Waals surface area contributed by atoms with Gasteiger partial charge in [-0.3, -0.25) is 0 Å². The minimum absolute atomic E-state index is 0.112. The van der Waals surface area contributed by atoms with Crippen LogP contribution in [0.5, 0.6) is 11.5 Å². The van der Waals surface area contributed by atoms with Crippen molar-refractivity contribution in [3.05, 3.63) is 71.8 Å². The molecule has 0 unspecified atom stereocenters. The summed E-state index contributed by atoms with van der Waals surface area (Å²) in [6.07, 6.45) is 4.61. The lowest BCUT2D eigenvalue weighted by atomic mass is 9.53. The standard InChI is InChI=1S/C25H20N4O/c26-14-22-20-11-4-5-12-21(20)23(25(15-27,16-28)24(22)29)17-7-6-10-19(13-17)30-18-8-2-1-3-9-18/h1-3,6-11,13,21-23,29H,4-5,12H2/t21-,22-,23-/m0/s1. The predicted molar refractivity (Wildman–Crippen MR) is 112 cm³/mol. The third-order valence-corrected chi connectivity index (χ3v) is 6.12. The van der Waals surface area contributed by atoms with Crippen molar-refractivity contribution in [3.63, 3.8) is 0 Å². The van der Waals surface area contributed by atoms with Gasteiger partial charge < -0.3 is 10.1 Å². The molecule has 0 radical (unpaired) electrons. The van der Waals surface area contributed by atoms with E-state index in [0.29, 0.717) is 11.5 Å². The van der Waals surface area contributed by atoms with Gasteiger partial charge in [-0.2, -0.15) is 15.8 Å². The molecule has 1 saturated carbocycles. The highest BCUT2D eigenvalue weighted by Gasteiger charge is 2.57. The third kappa shape index (κ3) is 3.04. The highest BCUT2D eigenvalue weighted by atomic mass is 16.5. The van der Waals surface area contributed by atoms with E-state index < -0.39 is 17.3 Å². The van der Waals surface area contributed by atoms with Crippen molar-refractivity contribution in [2.75, 3.05) is 0 Å².